The van der Waals surface area contributed by atoms with Gasteiger partial charge in [0.15, 0.2) is 5.75 Å². The number of anilines is 3. The molecule has 1 saturated heterocycles. The fraction of sp³-hybridized carbons (Fsp3) is 0.296. The third-order valence-electron chi connectivity index (χ3n) is 6.49. The molecule has 5 rings (SSSR count). The molecule has 1 atom stereocenters. The molecule has 3 aromatic carbocycles. The van der Waals surface area contributed by atoms with E-state index in [1.54, 1.807) is 11.8 Å². The second-order valence-corrected chi connectivity index (χ2v) is 9.86. The Morgan fingerprint density at radius 3 is 2.42 bits per heavy atom. The van der Waals surface area contributed by atoms with Crippen LogP contribution in [-0.2, 0) is 4.79 Å². The summed E-state index contributed by atoms with van der Waals surface area (Å²) in [6, 6.07) is 21.2. The third-order valence-corrected chi connectivity index (χ3v) is 7.63. The molecule has 2 aliphatic heterocycles. The van der Waals surface area contributed by atoms with Gasteiger partial charge in [0, 0.05) is 60.1 Å². The molecule has 0 radical (unpaired) electrons. The van der Waals surface area contributed by atoms with Gasteiger partial charge in [0.25, 0.3) is 0 Å². The van der Waals surface area contributed by atoms with Crippen molar-refractivity contribution < 1.29 is 9.53 Å². The summed E-state index contributed by atoms with van der Waals surface area (Å²) in [5, 5.41) is 3.51. The van der Waals surface area contributed by atoms with Gasteiger partial charge in [-0.25, -0.2) is 0 Å². The van der Waals surface area contributed by atoms with Gasteiger partial charge in [-0.05, 0) is 42.9 Å². The van der Waals surface area contributed by atoms with Gasteiger partial charge in [-0.3, -0.25) is 4.79 Å². The number of nitrogens with one attached hydrogen (secondary N) is 1. The largest absolute Gasteiger partial charge is 0.424 e. The molecule has 0 spiro atoms. The summed E-state index contributed by atoms with van der Waals surface area (Å²) in [7, 11) is 2.17. The standard InChI is InChI=1S/C27H29N3O2S/c1-18(20-8-10-21(11-9-20)30-16-14-29(3)15-17-30)22-12-13-25-26(27(22)32-19(2)31)28-23-6-4-5-7-24(23)33-25/h4-13,18,28H,14-17H2,1-3H3. The normalized spacial score (nSPS) is 16.4. The topological polar surface area (TPSA) is 44.8 Å². The molecule has 0 aromatic heterocycles. The average Bonchev–Trinajstić information content (AvgIpc) is 2.83. The fourth-order valence-electron chi connectivity index (χ4n) is 4.51. The van der Waals surface area contributed by atoms with Crippen LogP contribution in [0.5, 0.6) is 5.75 Å². The van der Waals surface area contributed by atoms with E-state index in [1.165, 1.54) is 23.1 Å². The molecule has 2 heterocycles. The monoisotopic (exact) mass is 459 g/mol. The van der Waals surface area contributed by atoms with Crippen molar-refractivity contribution >= 4 is 34.8 Å². The SMILES string of the molecule is CC(=O)Oc1c(C(C)c2ccc(N3CCN(C)CC3)cc2)ccc2c1Nc1ccccc1S2. The van der Waals surface area contributed by atoms with Crippen molar-refractivity contribution in [2.75, 3.05) is 43.4 Å². The van der Waals surface area contributed by atoms with Crippen LogP contribution < -0.4 is 15.0 Å². The predicted octanol–water partition coefficient (Wildman–Crippen LogP) is 5.72. The number of rotatable bonds is 4. The number of likely N-dealkylation sites (N-methyl/N-ethyl adjacent to an activating group) is 1. The number of carbonyl (C=O) groups excluding carboxylic acids is 1. The summed E-state index contributed by atoms with van der Waals surface area (Å²) in [5.41, 5.74) is 5.37. The van der Waals surface area contributed by atoms with E-state index >= 15 is 0 Å². The zero-order valence-corrected chi connectivity index (χ0v) is 20.1. The predicted molar refractivity (Wildman–Crippen MR) is 135 cm³/mol. The number of benzene rings is 3. The van der Waals surface area contributed by atoms with Gasteiger partial charge in [-0.1, -0.05) is 49.0 Å². The second kappa shape index (κ2) is 9.12. The lowest BCUT2D eigenvalue weighted by Crippen LogP contribution is -2.44. The van der Waals surface area contributed by atoms with E-state index < -0.39 is 0 Å². The lowest BCUT2D eigenvalue weighted by molar-refractivity contribution is -0.131. The highest BCUT2D eigenvalue weighted by Gasteiger charge is 2.25. The van der Waals surface area contributed by atoms with Gasteiger partial charge < -0.3 is 19.9 Å². The van der Waals surface area contributed by atoms with Crippen LogP contribution >= 0.6 is 11.8 Å². The van der Waals surface area contributed by atoms with E-state index in [0.717, 1.165) is 48.0 Å². The van der Waals surface area contributed by atoms with E-state index in [4.69, 9.17) is 4.74 Å². The highest BCUT2D eigenvalue weighted by atomic mass is 32.2. The van der Waals surface area contributed by atoms with Crippen LogP contribution in [0.25, 0.3) is 0 Å². The first-order valence-electron chi connectivity index (χ1n) is 11.4. The van der Waals surface area contributed by atoms with Crippen molar-refractivity contribution in [1.29, 1.82) is 0 Å². The summed E-state index contributed by atoms with van der Waals surface area (Å²) in [6.45, 7) is 7.92. The molecule has 3 aromatic rings. The molecule has 2 aliphatic rings. The van der Waals surface area contributed by atoms with E-state index in [-0.39, 0.29) is 11.9 Å². The van der Waals surface area contributed by atoms with E-state index in [9.17, 15) is 4.79 Å². The first kappa shape index (κ1) is 21.9. The first-order valence-corrected chi connectivity index (χ1v) is 12.2. The van der Waals surface area contributed by atoms with Crippen molar-refractivity contribution in [1.82, 2.24) is 4.90 Å². The maximum Gasteiger partial charge on any atom is 0.308 e. The van der Waals surface area contributed by atoms with Gasteiger partial charge >= 0.3 is 5.97 Å². The number of nitrogens with zero attached hydrogens (tertiary/aromatic N) is 2. The number of ether oxygens (including phenoxy) is 1. The van der Waals surface area contributed by atoms with Crippen LogP contribution in [0.1, 0.15) is 30.9 Å². The maximum absolute atomic E-state index is 12.0. The molecule has 1 fully saturated rings. The minimum absolute atomic E-state index is 0.0789. The highest BCUT2D eigenvalue weighted by Crippen LogP contribution is 2.50. The maximum atomic E-state index is 12.0. The molecule has 0 bridgehead atoms. The summed E-state index contributed by atoms with van der Waals surface area (Å²) < 4.78 is 5.80. The van der Waals surface area contributed by atoms with Crippen molar-refractivity contribution in [2.24, 2.45) is 0 Å². The first-order chi connectivity index (χ1) is 16.0. The van der Waals surface area contributed by atoms with Gasteiger partial charge in [0.1, 0.15) is 0 Å². The number of hydrogen-bond acceptors (Lipinski definition) is 6. The van der Waals surface area contributed by atoms with E-state index in [2.05, 4.69) is 77.6 Å². The minimum atomic E-state index is -0.312. The molecule has 6 heteroatoms. The molecule has 0 amide bonds. The summed E-state index contributed by atoms with van der Waals surface area (Å²) in [4.78, 5) is 19.1. The Bertz CT molecular complexity index is 1170. The van der Waals surface area contributed by atoms with Gasteiger partial charge in [0.05, 0.1) is 11.4 Å². The molecule has 33 heavy (non-hydrogen) atoms. The van der Waals surface area contributed by atoms with Crippen LogP contribution in [0.15, 0.2) is 70.5 Å². The summed E-state index contributed by atoms with van der Waals surface area (Å²) in [6.07, 6.45) is 0. The molecule has 1 N–H and O–H groups in total. The molecule has 0 aliphatic carbocycles. The minimum Gasteiger partial charge on any atom is -0.424 e. The van der Waals surface area contributed by atoms with Gasteiger partial charge in [-0.2, -0.15) is 0 Å². The molecule has 170 valence electrons. The molecule has 0 saturated carbocycles. The number of fused-ring (bicyclic) bond motifs is 2. The Hall–Kier alpha value is -2.96. The van der Waals surface area contributed by atoms with Crippen LogP contribution in [0, 0.1) is 0 Å². The summed E-state index contributed by atoms with van der Waals surface area (Å²) >= 11 is 1.70. The van der Waals surface area contributed by atoms with Crippen LogP contribution in [0.3, 0.4) is 0 Å². The number of carbonyl (C=O) groups is 1. The summed E-state index contributed by atoms with van der Waals surface area (Å²) in [5.74, 6) is 0.390. The van der Waals surface area contributed by atoms with E-state index in [1.807, 2.05) is 12.1 Å². The quantitative estimate of drug-likeness (QED) is 0.311. The van der Waals surface area contributed by atoms with Gasteiger partial charge in [0.2, 0.25) is 0 Å². The Balaban J connectivity index is 1.45. The van der Waals surface area contributed by atoms with Crippen LogP contribution in [-0.4, -0.2) is 44.1 Å². The Morgan fingerprint density at radius 1 is 0.970 bits per heavy atom. The zero-order chi connectivity index (χ0) is 22.9. The van der Waals surface area contributed by atoms with E-state index in [0.29, 0.717) is 5.75 Å². The lowest BCUT2D eigenvalue weighted by Gasteiger charge is -2.34. The fourth-order valence-corrected chi connectivity index (χ4v) is 5.50. The van der Waals surface area contributed by atoms with Crippen molar-refractivity contribution in [2.45, 2.75) is 29.6 Å². The van der Waals surface area contributed by atoms with Crippen molar-refractivity contribution in [3.05, 3.63) is 71.8 Å². The molecule has 1 unspecified atom stereocenters. The molecule has 5 nitrogen and oxygen atoms in total. The van der Waals surface area contributed by atoms with Gasteiger partial charge in [-0.15, -0.1) is 0 Å². The molecular formula is C27H29N3O2S. The molecular weight excluding hydrogens is 430 g/mol. The third kappa shape index (κ3) is 4.45. The number of hydrogen-bond donors (Lipinski definition) is 1. The van der Waals surface area contributed by atoms with Crippen molar-refractivity contribution in [3.63, 3.8) is 0 Å². The number of piperazine rings is 1. The number of esters is 1. The Morgan fingerprint density at radius 2 is 1.70 bits per heavy atom. The van der Waals surface area contributed by atoms with Crippen LogP contribution in [0.2, 0.25) is 0 Å². The number of para-hydroxylation sites is 1. The Kier molecular flexibility index (Phi) is 6.04. The smallest absolute Gasteiger partial charge is 0.308 e. The van der Waals surface area contributed by atoms with Crippen LogP contribution in [0.4, 0.5) is 17.1 Å². The second-order valence-electron chi connectivity index (χ2n) is 8.78. The average molecular weight is 460 g/mol. The zero-order valence-electron chi connectivity index (χ0n) is 19.3. The van der Waals surface area contributed by atoms with Crippen molar-refractivity contribution in [3.8, 4) is 5.75 Å². The highest BCUT2D eigenvalue weighted by molar-refractivity contribution is 7.99. The Labute approximate surface area is 199 Å². The lowest BCUT2D eigenvalue weighted by atomic mass is 9.91.